The molecule has 0 spiro atoms. The van der Waals surface area contributed by atoms with Crippen LogP contribution >= 0.6 is 0 Å². The van der Waals surface area contributed by atoms with Crippen molar-refractivity contribution in [2.45, 2.75) is 19.3 Å². The number of hydrogen-bond donors (Lipinski definition) is 4. The molecule has 0 aliphatic heterocycles. The first-order chi connectivity index (χ1) is 6.66. The zero-order valence-electron chi connectivity index (χ0n) is 8.08. The van der Waals surface area contributed by atoms with Gasteiger partial charge in [0.25, 0.3) is 0 Å². The molecule has 0 heterocycles. The molecule has 0 aromatic rings. The molecular formula is C8H17N3O3. The minimum atomic E-state index is -0.836. The van der Waals surface area contributed by atoms with E-state index in [0.717, 1.165) is 19.3 Å². The highest BCUT2D eigenvalue weighted by Crippen LogP contribution is 1.91. The molecule has 6 nitrogen and oxygen atoms in total. The molecule has 0 atom stereocenters. The first-order valence-electron chi connectivity index (χ1n) is 4.57. The summed E-state index contributed by atoms with van der Waals surface area (Å²) in [6.45, 7) is 0.969. The van der Waals surface area contributed by atoms with Crippen molar-refractivity contribution in [3.05, 3.63) is 0 Å². The van der Waals surface area contributed by atoms with Crippen molar-refractivity contribution in [2.24, 2.45) is 5.73 Å². The highest BCUT2D eigenvalue weighted by molar-refractivity contribution is 5.94. The maximum Gasteiger partial charge on any atom is 0.318 e. The van der Waals surface area contributed by atoms with Crippen LogP contribution in [0.25, 0.3) is 0 Å². The van der Waals surface area contributed by atoms with Crippen molar-refractivity contribution >= 4 is 11.9 Å². The largest absolute Gasteiger partial charge is 0.396 e. The highest BCUT2D eigenvalue weighted by Gasteiger charge is 2.01. The van der Waals surface area contributed by atoms with Gasteiger partial charge in [-0.15, -0.1) is 0 Å². The third-order valence-corrected chi connectivity index (χ3v) is 1.56. The lowest BCUT2D eigenvalue weighted by atomic mass is 10.2. The van der Waals surface area contributed by atoms with Gasteiger partial charge in [-0.25, -0.2) is 4.79 Å². The molecule has 6 heteroatoms. The molecule has 0 aromatic heterocycles. The minimum Gasteiger partial charge on any atom is -0.396 e. The van der Waals surface area contributed by atoms with Gasteiger partial charge in [0.1, 0.15) is 0 Å². The van der Waals surface area contributed by atoms with Gasteiger partial charge in [-0.2, -0.15) is 0 Å². The fourth-order valence-corrected chi connectivity index (χ4v) is 0.922. The zero-order valence-corrected chi connectivity index (χ0v) is 8.08. The first kappa shape index (κ1) is 12.9. The maximum absolute atomic E-state index is 10.8. The van der Waals surface area contributed by atoms with E-state index in [9.17, 15) is 9.59 Å². The number of primary amides is 1. The average molecular weight is 203 g/mol. The molecule has 0 fully saturated rings. The lowest BCUT2D eigenvalue weighted by Crippen LogP contribution is -2.40. The Morgan fingerprint density at radius 2 is 1.93 bits per heavy atom. The summed E-state index contributed by atoms with van der Waals surface area (Å²) in [5, 5.41) is 13.3. The molecule has 0 aromatic carbocycles. The van der Waals surface area contributed by atoms with Crippen LogP contribution in [0.1, 0.15) is 19.3 Å². The van der Waals surface area contributed by atoms with Crippen molar-refractivity contribution in [1.29, 1.82) is 0 Å². The van der Waals surface area contributed by atoms with Crippen LogP contribution in [-0.2, 0) is 4.79 Å². The number of carbonyl (C=O) groups excluding carboxylic acids is 2. The Labute approximate surface area is 82.9 Å². The highest BCUT2D eigenvalue weighted by atomic mass is 16.3. The number of amides is 3. The number of rotatable bonds is 7. The number of carbonyl (C=O) groups is 2. The number of urea groups is 1. The van der Waals surface area contributed by atoms with Crippen LogP contribution in [0.5, 0.6) is 0 Å². The molecular weight excluding hydrogens is 186 g/mol. The molecule has 5 N–H and O–H groups in total. The van der Waals surface area contributed by atoms with Gasteiger partial charge in [0.05, 0.1) is 6.54 Å². The van der Waals surface area contributed by atoms with E-state index >= 15 is 0 Å². The first-order valence-corrected chi connectivity index (χ1v) is 4.57. The second-order valence-corrected chi connectivity index (χ2v) is 2.87. The average Bonchev–Trinajstić information content (AvgIpc) is 2.10. The monoisotopic (exact) mass is 203 g/mol. The summed E-state index contributed by atoms with van der Waals surface area (Å²) in [6, 6.07) is -0.836. The summed E-state index contributed by atoms with van der Waals surface area (Å²) in [5.41, 5.74) is 4.74. The number of aliphatic hydroxyl groups is 1. The molecule has 3 amide bonds. The van der Waals surface area contributed by atoms with Gasteiger partial charge in [0.15, 0.2) is 0 Å². The van der Waals surface area contributed by atoms with Crippen LogP contribution < -0.4 is 16.4 Å². The Morgan fingerprint density at radius 3 is 2.50 bits per heavy atom. The van der Waals surface area contributed by atoms with Crippen molar-refractivity contribution in [2.75, 3.05) is 19.7 Å². The standard InChI is InChI=1S/C8H17N3O3/c9-8(14)11-7(13)6-10-4-2-1-3-5-12/h10,12H,1-6H2,(H3,9,11,13,14). The van der Waals surface area contributed by atoms with E-state index < -0.39 is 11.9 Å². The topological polar surface area (TPSA) is 104 Å². The lowest BCUT2D eigenvalue weighted by molar-refractivity contribution is -0.119. The van der Waals surface area contributed by atoms with E-state index in [4.69, 9.17) is 10.8 Å². The molecule has 0 bridgehead atoms. The third kappa shape index (κ3) is 8.95. The summed E-state index contributed by atoms with van der Waals surface area (Å²) >= 11 is 0. The zero-order chi connectivity index (χ0) is 10.8. The molecule has 14 heavy (non-hydrogen) atoms. The molecule has 0 aliphatic carbocycles. The number of nitrogens with one attached hydrogen (secondary N) is 2. The van der Waals surface area contributed by atoms with Crippen LogP contribution in [0, 0.1) is 0 Å². The van der Waals surface area contributed by atoms with E-state index in [2.05, 4.69) is 5.32 Å². The Kier molecular flexibility index (Phi) is 7.77. The quantitative estimate of drug-likeness (QED) is 0.395. The molecule has 0 radical (unpaired) electrons. The van der Waals surface area contributed by atoms with Crippen LogP contribution in [0.2, 0.25) is 0 Å². The fraction of sp³-hybridized carbons (Fsp3) is 0.750. The summed E-state index contributed by atoms with van der Waals surface area (Å²) in [4.78, 5) is 21.0. The second kappa shape index (κ2) is 8.46. The van der Waals surface area contributed by atoms with E-state index in [0.29, 0.717) is 6.54 Å². The number of aliphatic hydroxyl groups excluding tert-OH is 1. The van der Waals surface area contributed by atoms with Crippen LogP contribution in [-0.4, -0.2) is 36.7 Å². The Bertz CT molecular complexity index is 185. The Hall–Kier alpha value is -1.14. The molecule has 0 saturated heterocycles. The molecule has 0 aliphatic rings. The Balaban J connectivity index is 3.19. The van der Waals surface area contributed by atoms with E-state index in [1.165, 1.54) is 0 Å². The van der Waals surface area contributed by atoms with Crippen molar-refractivity contribution < 1.29 is 14.7 Å². The van der Waals surface area contributed by atoms with Gasteiger partial charge in [0.2, 0.25) is 5.91 Å². The second-order valence-electron chi connectivity index (χ2n) is 2.87. The predicted molar refractivity (Wildman–Crippen MR) is 51.5 cm³/mol. The van der Waals surface area contributed by atoms with Gasteiger partial charge in [-0.3, -0.25) is 10.1 Å². The Morgan fingerprint density at radius 1 is 1.21 bits per heavy atom. The molecule has 0 unspecified atom stereocenters. The lowest BCUT2D eigenvalue weighted by Gasteiger charge is -2.03. The summed E-state index contributed by atoms with van der Waals surface area (Å²) < 4.78 is 0. The van der Waals surface area contributed by atoms with Crippen LogP contribution in [0.15, 0.2) is 0 Å². The molecule has 82 valence electrons. The molecule has 0 saturated carbocycles. The predicted octanol–water partition coefficient (Wildman–Crippen LogP) is -1.07. The van der Waals surface area contributed by atoms with Crippen LogP contribution in [0.4, 0.5) is 4.79 Å². The normalized spacial score (nSPS) is 9.79. The number of nitrogens with two attached hydrogens (primary N) is 1. The van der Waals surface area contributed by atoms with Crippen molar-refractivity contribution in [3.63, 3.8) is 0 Å². The fourth-order valence-electron chi connectivity index (χ4n) is 0.922. The van der Waals surface area contributed by atoms with Gasteiger partial charge in [-0.1, -0.05) is 0 Å². The number of unbranched alkanes of at least 4 members (excludes halogenated alkanes) is 2. The smallest absolute Gasteiger partial charge is 0.318 e. The maximum atomic E-state index is 10.8. The van der Waals surface area contributed by atoms with Crippen molar-refractivity contribution in [1.82, 2.24) is 10.6 Å². The molecule has 0 rings (SSSR count). The minimum absolute atomic E-state index is 0.0854. The third-order valence-electron chi connectivity index (χ3n) is 1.56. The summed E-state index contributed by atoms with van der Waals surface area (Å²) in [6.07, 6.45) is 2.58. The SMILES string of the molecule is NC(=O)NC(=O)CNCCCCCO. The van der Waals surface area contributed by atoms with E-state index in [-0.39, 0.29) is 13.2 Å². The summed E-state index contributed by atoms with van der Waals surface area (Å²) in [5.74, 6) is -0.431. The number of imide groups is 1. The van der Waals surface area contributed by atoms with E-state index in [1.54, 1.807) is 0 Å². The number of hydrogen-bond acceptors (Lipinski definition) is 4. The van der Waals surface area contributed by atoms with Crippen molar-refractivity contribution in [3.8, 4) is 0 Å². The van der Waals surface area contributed by atoms with Gasteiger partial charge in [0, 0.05) is 6.61 Å². The van der Waals surface area contributed by atoms with Gasteiger partial charge < -0.3 is 16.2 Å². The summed E-state index contributed by atoms with van der Waals surface area (Å²) in [7, 11) is 0. The van der Waals surface area contributed by atoms with Crippen LogP contribution in [0.3, 0.4) is 0 Å². The van der Waals surface area contributed by atoms with E-state index in [1.807, 2.05) is 5.32 Å². The van der Waals surface area contributed by atoms with Gasteiger partial charge in [-0.05, 0) is 25.8 Å². The van der Waals surface area contributed by atoms with Gasteiger partial charge >= 0.3 is 6.03 Å².